The number of rotatable bonds is 6. The molecular weight excluding hydrogens is 643 g/mol. The zero-order valence-corrected chi connectivity index (χ0v) is 29.7. The van der Waals surface area contributed by atoms with Crippen molar-refractivity contribution in [1.29, 1.82) is 0 Å². The lowest BCUT2D eigenvalue weighted by Gasteiger charge is -2.32. The second-order valence-electron chi connectivity index (χ2n) is 14.3. The molecule has 4 heteroatoms. The molecule has 0 spiro atoms. The normalized spacial score (nSPS) is 12.0. The molecule has 9 aromatic rings. The Morgan fingerprint density at radius 2 is 0.712 bits per heavy atom. The third-order valence-electron chi connectivity index (χ3n) is 10.5. The molecule has 2 aromatic heterocycles. The number of halogens is 2. The van der Waals surface area contributed by atoms with Crippen molar-refractivity contribution in [1.82, 2.24) is 9.13 Å². The Labute approximate surface area is 302 Å². The fourth-order valence-electron chi connectivity index (χ4n) is 8.55. The summed E-state index contributed by atoms with van der Waals surface area (Å²) in [4.78, 5) is 0. The van der Waals surface area contributed by atoms with Gasteiger partial charge in [0, 0.05) is 32.7 Å². The average molecular weight is 681 g/mol. The molecule has 0 saturated carbocycles. The number of aromatic nitrogens is 2. The molecule has 2 nitrogen and oxygen atoms in total. The van der Waals surface area contributed by atoms with Crippen molar-refractivity contribution in [2.24, 2.45) is 0 Å². The Bertz CT molecular complexity index is 2650. The van der Waals surface area contributed by atoms with Gasteiger partial charge in [-0.15, -0.1) is 0 Å². The number of para-hydroxylation sites is 4. The van der Waals surface area contributed by atoms with Gasteiger partial charge < -0.3 is 9.13 Å². The average Bonchev–Trinajstić information content (AvgIpc) is 3.66. The first-order valence-electron chi connectivity index (χ1n) is 18.1. The molecule has 2 heterocycles. The highest BCUT2D eigenvalue weighted by Crippen LogP contribution is 2.52. The second-order valence-corrected chi connectivity index (χ2v) is 14.3. The number of hydrogen-bond donors (Lipinski definition) is 0. The lowest BCUT2D eigenvalue weighted by molar-refractivity contribution is 0.628. The van der Waals surface area contributed by atoms with Crippen LogP contribution in [-0.2, 0) is 0 Å². The smallest absolute Gasteiger partial charge is 0.123 e. The molecule has 0 fully saturated rings. The van der Waals surface area contributed by atoms with Crippen LogP contribution in [0.2, 0.25) is 0 Å². The van der Waals surface area contributed by atoms with Gasteiger partial charge in [0.15, 0.2) is 0 Å². The minimum atomic E-state index is -0.306. The molecule has 0 saturated heterocycles. The zero-order chi connectivity index (χ0) is 35.7. The molecular formula is C48H38F2N2. The van der Waals surface area contributed by atoms with Gasteiger partial charge in [-0.3, -0.25) is 0 Å². The lowest BCUT2D eigenvalue weighted by atomic mass is 9.79. The van der Waals surface area contributed by atoms with Crippen LogP contribution < -0.4 is 0 Å². The minimum Gasteiger partial charge on any atom is -0.309 e. The van der Waals surface area contributed by atoms with Gasteiger partial charge in [-0.05, 0) is 82.6 Å². The molecule has 7 aromatic carbocycles. The van der Waals surface area contributed by atoms with Crippen molar-refractivity contribution in [2.45, 2.75) is 39.5 Å². The Morgan fingerprint density at radius 1 is 0.385 bits per heavy atom. The molecule has 0 aliphatic rings. The van der Waals surface area contributed by atoms with Crippen molar-refractivity contribution in [3.05, 3.63) is 168 Å². The fraction of sp³-hybridized carbons (Fsp3) is 0.125. The SMILES string of the molecule is CC(C)c1c(-c2cccc(F)c2)c(-n2c3ccccc3c3ccccc32)c(-c2cccc(F)c2)c(C(C)C)c1-n1c2ccccc2c2ccccc21. The van der Waals surface area contributed by atoms with E-state index in [4.69, 9.17) is 0 Å². The van der Waals surface area contributed by atoms with Gasteiger partial charge in [0.05, 0.1) is 33.4 Å². The molecule has 0 aliphatic heterocycles. The van der Waals surface area contributed by atoms with Crippen LogP contribution >= 0.6 is 0 Å². The van der Waals surface area contributed by atoms with E-state index in [0.717, 1.165) is 88.4 Å². The van der Waals surface area contributed by atoms with Crippen LogP contribution in [0.3, 0.4) is 0 Å². The molecule has 0 amide bonds. The topological polar surface area (TPSA) is 9.86 Å². The van der Waals surface area contributed by atoms with E-state index in [0.29, 0.717) is 0 Å². The molecule has 0 unspecified atom stereocenters. The summed E-state index contributed by atoms with van der Waals surface area (Å²) in [5.74, 6) is -0.587. The zero-order valence-electron chi connectivity index (χ0n) is 29.7. The van der Waals surface area contributed by atoms with E-state index < -0.39 is 0 Å². The summed E-state index contributed by atoms with van der Waals surface area (Å²) in [5.41, 5.74) is 11.9. The van der Waals surface area contributed by atoms with Crippen LogP contribution in [0.5, 0.6) is 0 Å². The maximum Gasteiger partial charge on any atom is 0.123 e. The van der Waals surface area contributed by atoms with Gasteiger partial charge in [-0.2, -0.15) is 0 Å². The standard InChI is InChI=1S/C48H38F2N2/c1-29(2)43-45(31-15-13-17-33(49)27-31)48(52-41-25-11-7-21-37(41)38-22-8-12-26-42(38)52)46(32-16-14-18-34(50)28-32)44(30(3)4)47(43)51-39-23-9-5-19-35(39)36-20-6-10-24-40(36)51/h5-30H,1-4H3. The van der Waals surface area contributed by atoms with E-state index in [1.54, 1.807) is 24.3 Å². The summed E-state index contributed by atoms with van der Waals surface area (Å²) < 4.78 is 35.9. The van der Waals surface area contributed by atoms with E-state index in [2.05, 4.69) is 134 Å². The molecule has 0 aliphatic carbocycles. The molecule has 0 atom stereocenters. The summed E-state index contributed by atoms with van der Waals surface area (Å²) >= 11 is 0. The van der Waals surface area contributed by atoms with Crippen LogP contribution in [0.15, 0.2) is 146 Å². The highest BCUT2D eigenvalue weighted by molar-refractivity contribution is 6.13. The van der Waals surface area contributed by atoms with E-state index >= 15 is 8.78 Å². The number of hydrogen-bond acceptors (Lipinski definition) is 0. The van der Waals surface area contributed by atoms with Gasteiger partial charge in [0.25, 0.3) is 0 Å². The van der Waals surface area contributed by atoms with Crippen LogP contribution in [-0.4, -0.2) is 9.13 Å². The molecule has 0 radical (unpaired) electrons. The van der Waals surface area contributed by atoms with Gasteiger partial charge >= 0.3 is 0 Å². The molecule has 254 valence electrons. The van der Waals surface area contributed by atoms with Crippen LogP contribution in [0.1, 0.15) is 50.7 Å². The van der Waals surface area contributed by atoms with Crippen molar-refractivity contribution in [2.75, 3.05) is 0 Å². The second kappa shape index (κ2) is 12.3. The largest absolute Gasteiger partial charge is 0.309 e. The Morgan fingerprint density at radius 3 is 1.04 bits per heavy atom. The van der Waals surface area contributed by atoms with Gasteiger partial charge in [0.2, 0.25) is 0 Å². The highest BCUT2D eigenvalue weighted by Gasteiger charge is 2.33. The van der Waals surface area contributed by atoms with E-state index in [1.807, 2.05) is 12.1 Å². The van der Waals surface area contributed by atoms with Crippen LogP contribution in [0.25, 0.3) is 77.2 Å². The summed E-state index contributed by atoms with van der Waals surface area (Å²) in [7, 11) is 0. The first kappa shape index (κ1) is 31.9. The monoisotopic (exact) mass is 680 g/mol. The van der Waals surface area contributed by atoms with Gasteiger partial charge in [-0.25, -0.2) is 8.78 Å². The molecule has 52 heavy (non-hydrogen) atoms. The maximum atomic E-state index is 15.6. The predicted molar refractivity (Wildman–Crippen MR) is 214 cm³/mol. The Kier molecular flexibility index (Phi) is 7.58. The van der Waals surface area contributed by atoms with E-state index in [-0.39, 0.29) is 23.5 Å². The molecule has 0 bridgehead atoms. The quantitative estimate of drug-likeness (QED) is 0.165. The molecule has 0 N–H and O–H groups in total. The maximum absolute atomic E-state index is 15.6. The van der Waals surface area contributed by atoms with Crippen molar-refractivity contribution in [3.8, 4) is 33.6 Å². The fourth-order valence-corrected chi connectivity index (χ4v) is 8.55. The summed E-state index contributed by atoms with van der Waals surface area (Å²) in [5, 5.41) is 4.57. The third-order valence-corrected chi connectivity index (χ3v) is 10.5. The molecule has 9 rings (SSSR count). The van der Waals surface area contributed by atoms with E-state index in [9.17, 15) is 0 Å². The van der Waals surface area contributed by atoms with Crippen molar-refractivity contribution >= 4 is 43.6 Å². The lowest BCUT2D eigenvalue weighted by Crippen LogP contribution is -2.15. The van der Waals surface area contributed by atoms with Gasteiger partial charge in [-0.1, -0.05) is 125 Å². The number of benzene rings is 7. The minimum absolute atomic E-state index is 0.0130. The van der Waals surface area contributed by atoms with Crippen molar-refractivity contribution < 1.29 is 8.78 Å². The Balaban J connectivity index is 1.63. The van der Waals surface area contributed by atoms with E-state index in [1.165, 1.54) is 12.1 Å². The predicted octanol–water partition coefficient (Wildman–Crippen LogP) is 13.7. The van der Waals surface area contributed by atoms with Crippen LogP contribution in [0, 0.1) is 11.6 Å². The van der Waals surface area contributed by atoms with Gasteiger partial charge in [0.1, 0.15) is 11.6 Å². The Hall–Kier alpha value is -6.00. The highest BCUT2D eigenvalue weighted by atomic mass is 19.1. The number of nitrogens with zero attached hydrogens (tertiary/aromatic N) is 2. The van der Waals surface area contributed by atoms with Crippen LogP contribution in [0.4, 0.5) is 8.78 Å². The van der Waals surface area contributed by atoms with Crippen molar-refractivity contribution in [3.63, 3.8) is 0 Å². The summed E-state index contributed by atoms with van der Waals surface area (Å²) in [6.45, 7) is 8.93. The summed E-state index contributed by atoms with van der Waals surface area (Å²) in [6.07, 6.45) is 0. The first-order valence-corrected chi connectivity index (χ1v) is 18.1. The summed E-state index contributed by atoms with van der Waals surface area (Å²) in [6, 6.07) is 48.0. The third kappa shape index (κ3) is 4.81. The first-order chi connectivity index (χ1) is 25.3. The number of fused-ring (bicyclic) bond motifs is 6.